The monoisotopic (exact) mass is 313 g/mol. The molecule has 0 aliphatic carbocycles. The second-order valence-corrected chi connectivity index (χ2v) is 5.45. The minimum absolute atomic E-state index is 0.209. The second kappa shape index (κ2) is 6.73. The fourth-order valence-electron chi connectivity index (χ4n) is 2.60. The molecule has 4 heteroatoms. The first-order valence-corrected chi connectivity index (χ1v) is 7.45. The predicted octanol–water partition coefficient (Wildman–Crippen LogP) is 3.27. The van der Waals surface area contributed by atoms with Gasteiger partial charge in [0.05, 0.1) is 29.6 Å². The lowest BCUT2D eigenvalue weighted by Crippen LogP contribution is -2.08. The summed E-state index contributed by atoms with van der Waals surface area (Å²) in [6, 6.07) is 16.4. The Kier molecular flexibility index (Phi) is 4.32. The van der Waals surface area contributed by atoms with E-state index in [9.17, 15) is 5.11 Å². The van der Waals surface area contributed by atoms with E-state index in [2.05, 4.69) is 17.0 Å². The average Bonchev–Trinajstić information content (AvgIpc) is 3.06. The molecule has 0 saturated carbocycles. The summed E-state index contributed by atoms with van der Waals surface area (Å²) in [6.07, 6.45) is 9.26. The molecule has 1 heterocycles. The van der Waals surface area contributed by atoms with Gasteiger partial charge in [-0.25, -0.2) is 4.98 Å². The number of rotatable bonds is 4. The van der Waals surface area contributed by atoms with Crippen LogP contribution in [-0.4, -0.2) is 14.7 Å². The Hall–Kier alpha value is -3.50. The lowest BCUT2D eigenvalue weighted by molar-refractivity contribution is 0.475. The summed E-state index contributed by atoms with van der Waals surface area (Å²) in [5.74, 6) is 2.76. The van der Waals surface area contributed by atoms with Gasteiger partial charge in [0.2, 0.25) is 0 Å². The summed E-state index contributed by atoms with van der Waals surface area (Å²) in [4.78, 5) is 4.23. The summed E-state index contributed by atoms with van der Waals surface area (Å²) in [6.45, 7) is 0.622. The maximum absolute atomic E-state index is 9.44. The maximum atomic E-state index is 9.44. The SMILES string of the molecule is C#CC(c1ccc(O)cc1)c1cncn1Cc1ccc(C#N)cc1. The quantitative estimate of drug-likeness (QED) is 0.752. The lowest BCUT2D eigenvalue weighted by atomic mass is 9.96. The molecule has 3 aromatic rings. The van der Waals surface area contributed by atoms with Crippen LogP contribution in [0.2, 0.25) is 0 Å². The van der Waals surface area contributed by atoms with Crippen molar-refractivity contribution >= 4 is 0 Å². The largest absolute Gasteiger partial charge is 0.508 e. The van der Waals surface area contributed by atoms with Gasteiger partial charge in [-0.2, -0.15) is 5.26 Å². The zero-order chi connectivity index (χ0) is 16.9. The van der Waals surface area contributed by atoms with Crippen LogP contribution in [0.15, 0.2) is 61.1 Å². The molecule has 0 fully saturated rings. The first kappa shape index (κ1) is 15.4. The Morgan fingerprint density at radius 3 is 2.46 bits per heavy atom. The van der Waals surface area contributed by atoms with Crippen LogP contribution in [-0.2, 0) is 6.54 Å². The van der Waals surface area contributed by atoms with Crippen LogP contribution in [0.25, 0.3) is 0 Å². The number of aromatic hydroxyl groups is 1. The standard InChI is InChI=1S/C20H15N3O/c1-2-19(17-7-9-18(24)10-8-17)20-12-22-14-23(20)13-16-5-3-15(11-21)4-6-16/h1,3-10,12,14,19,24H,13H2. The van der Waals surface area contributed by atoms with Gasteiger partial charge in [-0.3, -0.25) is 0 Å². The summed E-state index contributed by atoms with van der Waals surface area (Å²) in [7, 11) is 0. The van der Waals surface area contributed by atoms with Gasteiger partial charge in [-0.05, 0) is 35.4 Å². The highest BCUT2D eigenvalue weighted by molar-refractivity contribution is 5.39. The Labute approximate surface area is 140 Å². The summed E-state index contributed by atoms with van der Waals surface area (Å²) in [5.41, 5.74) is 3.54. The van der Waals surface area contributed by atoms with E-state index in [1.54, 1.807) is 36.8 Å². The van der Waals surface area contributed by atoms with Crippen LogP contribution in [0.5, 0.6) is 5.75 Å². The number of imidazole rings is 1. The smallest absolute Gasteiger partial charge is 0.115 e. The highest BCUT2D eigenvalue weighted by atomic mass is 16.3. The molecule has 0 aliphatic rings. The third-order valence-electron chi connectivity index (χ3n) is 3.87. The van der Waals surface area contributed by atoms with E-state index in [-0.39, 0.29) is 11.7 Å². The number of hydrogen-bond donors (Lipinski definition) is 1. The Morgan fingerprint density at radius 1 is 1.12 bits per heavy atom. The minimum atomic E-state index is -0.244. The Morgan fingerprint density at radius 2 is 1.83 bits per heavy atom. The van der Waals surface area contributed by atoms with Crippen molar-refractivity contribution < 1.29 is 5.11 Å². The van der Waals surface area contributed by atoms with Crippen LogP contribution in [0, 0.1) is 23.7 Å². The van der Waals surface area contributed by atoms with Gasteiger partial charge < -0.3 is 9.67 Å². The highest BCUT2D eigenvalue weighted by Crippen LogP contribution is 2.26. The first-order valence-electron chi connectivity index (χ1n) is 7.45. The number of terminal acetylenes is 1. The van der Waals surface area contributed by atoms with Crippen molar-refractivity contribution in [1.29, 1.82) is 5.26 Å². The van der Waals surface area contributed by atoms with E-state index in [4.69, 9.17) is 11.7 Å². The van der Waals surface area contributed by atoms with Crippen molar-refractivity contribution in [3.05, 3.63) is 83.4 Å². The fraction of sp³-hybridized carbons (Fsp3) is 0.100. The highest BCUT2D eigenvalue weighted by Gasteiger charge is 2.16. The molecule has 0 saturated heterocycles. The summed E-state index contributed by atoms with van der Waals surface area (Å²) in [5, 5.41) is 18.3. The number of nitriles is 1. The molecule has 4 nitrogen and oxygen atoms in total. The van der Waals surface area contributed by atoms with Crippen molar-refractivity contribution in [2.75, 3.05) is 0 Å². The van der Waals surface area contributed by atoms with Gasteiger partial charge in [-0.1, -0.05) is 30.2 Å². The average molecular weight is 313 g/mol. The zero-order valence-corrected chi connectivity index (χ0v) is 12.9. The number of phenols is 1. The molecule has 2 aromatic carbocycles. The molecule has 0 bridgehead atoms. The first-order chi connectivity index (χ1) is 11.7. The normalized spacial score (nSPS) is 11.4. The molecule has 1 N–H and O–H groups in total. The number of aromatic nitrogens is 2. The molecule has 1 atom stereocenters. The van der Waals surface area contributed by atoms with Crippen molar-refractivity contribution in [1.82, 2.24) is 9.55 Å². The van der Waals surface area contributed by atoms with E-state index >= 15 is 0 Å². The van der Waals surface area contributed by atoms with Crippen molar-refractivity contribution in [2.24, 2.45) is 0 Å². The molecule has 24 heavy (non-hydrogen) atoms. The number of benzene rings is 2. The van der Waals surface area contributed by atoms with Crippen molar-refractivity contribution in [3.63, 3.8) is 0 Å². The topological polar surface area (TPSA) is 61.8 Å². The predicted molar refractivity (Wildman–Crippen MR) is 91.3 cm³/mol. The molecule has 1 aromatic heterocycles. The van der Waals surface area contributed by atoms with Gasteiger partial charge in [0.25, 0.3) is 0 Å². The zero-order valence-electron chi connectivity index (χ0n) is 12.9. The van der Waals surface area contributed by atoms with E-state index in [0.717, 1.165) is 16.8 Å². The molecule has 3 rings (SSSR count). The van der Waals surface area contributed by atoms with Crippen molar-refractivity contribution in [2.45, 2.75) is 12.5 Å². The maximum Gasteiger partial charge on any atom is 0.115 e. The van der Waals surface area contributed by atoms with Gasteiger partial charge in [-0.15, -0.1) is 6.42 Å². The Balaban J connectivity index is 1.89. The molecular formula is C20H15N3O. The molecule has 0 spiro atoms. The van der Waals surface area contributed by atoms with Gasteiger partial charge >= 0.3 is 0 Å². The van der Waals surface area contributed by atoms with Crippen LogP contribution in [0.1, 0.15) is 28.3 Å². The molecule has 116 valence electrons. The second-order valence-electron chi connectivity index (χ2n) is 5.45. The summed E-state index contributed by atoms with van der Waals surface area (Å²) < 4.78 is 2.00. The van der Waals surface area contributed by atoms with Gasteiger partial charge in [0.15, 0.2) is 0 Å². The number of nitrogens with zero attached hydrogens (tertiary/aromatic N) is 3. The van der Waals surface area contributed by atoms with E-state index in [1.807, 2.05) is 28.8 Å². The molecule has 1 unspecified atom stereocenters. The van der Waals surface area contributed by atoms with Crippen LogP contribution < -0.4 is 0 Å². The van der Waals surface area contributed by atoms with Crippen molar-refractivity contribution in [3.8, 4) is 24.2 Å². The lowest BCUT2D eigenvalue weighted by Gasteiger charge is -2.15. The van der Waals surface area contributed by atoms with Gasteiger partial charge in [0, 0.05) is 12.7 Å². The number of phenolic OH excluding ortho intramolecular Hbond substituents is 1. The molecular weight excluding hydrogens is 298 g/mol. The molecule has 0 amide bonds. The van der Waals surface area contributed by atoms with E-state index in [0.29, 0.717) is 12.1 Å². The summed E-state index contributed by atoms with van der Waals surface area (Å²) >= 11 is 0. The molecule has 0 aliphatic heterocycles. The van der Waals surface area contributed by atoms with Crippen LogP contribution >= 0.6 is 0 Å². The fourth-order valence-corrected chi connectivity index (χ4v) is 2.60. The Bertz CT molecular complexity index is 909. The molecule has 0 radical (unpaired) electrons. The third-order valence-corrected chi connectivity index (χ3v) is 3.87. The van der Waals surface area contributed by atoms with E-state index in [1.165, 1.54) is 0 Å². The van der Waals surface area contributed by atoms with E-state index < -0.39 is 0 Å². The third kappa shape index (κ3) is 3.14. The van der Waals surface area contributed by atoms with Crippen LogP contribution in [0.4, 0.5) is 0 Å². The van der Waals surface area contributed by atoms with Crippen LogP contribution in [0.3, 0.4) is 0 Å². The van der Waals surface area contributed by atoms with Gasteiger partial charge in [0.1, 0.15) is 5.75 Å². The number of hydrogen-bond acceptors (Lipinski definition) is 3. The minimum Gasteiger partial charge on any atom is -0.508 e.